The van der Waals surface area contributed by atoms with Gasteiger partial charge >= 0.3 is 0 Å². The minimum absolute atomic E-state index is 0. The lowest BCUT2D eigenvalue weighted by molar-refractivity contribution is 0.203. The predicted octanol–water partition coefficient (Wildman–Crippen LogP) is 4.62. The number of hydrogen-bond acceptors (Lipinski definition) is 2. The Bertz CT molecular complexity index is 447. The zero-order valence-electron chi connectivity index (χ0n) is 10.7. The molecule has 0 bridgehead atoms. The van der Waals surface area contributed by atoms with Crippen molar-refractivity contribution in [3.8, 4) is 0 Å². The highest BCUT2D eigenvalue weighted by molar-refractivity contribution is 6.43. The van der Waals surface area contributed by atoms with E-state index in [0.29, 0.717) is 15.1 Å². The Hall–Kier alpha value is 0.330. The number of rotatable bonds is 3. The highest BCUT2D eigenvalue weighted by Gasteiger charge is 2.22. The van der Waals surface area contributed by atoms with E-state index in [9.17, 15) is 0 Å². The van der Waals surface area contributed by atoms with Gasteiger partial charge in [0, 0.05) is 31.2 Å². The number of piperazine rings is 1. The summed E-state index contributed by atoms with van der Waals surface area (Å²) in [6, 6.07) is 3.58. The third-order valence-corrected chi connectivity index (χ3v) is 4.14. The fraction of sp³-hybridized carbons (Fsp3) is 0.385. The first-order chi connectivity index (χ1) is 8.63. The van der Waals surface area contributed by atoms with E-state index in [0.717, 1.165) is 31.7 Å². The van der Waals surface area contributed by atoms with Crippen molar-refractivity contribution < 1.29 is 0 Å². The molecule has 0 spiro atoms. The maximum atomic E-state index is 6.28. The molecule has 2 rings (SSSR count). The largest absolute Gasteiger partial charge is 0.314 e. The third-order valence-electron chi connectivity index (χ3n) is 3.11. The maximum absolute atomic E-state index is 6.28. The molecule has 0 aliphatic carbocycles. The van der Waals surface area contributed by atoms with Crippen LogP contribution in [0.3, 0.4) is 0 Å². The molecule has 1 saturated heterocycles. The van der Waals surface area contributed by atoms with Crippen LogP contribution in [0.1, 0.15) is 11.6 Å². The lowest BCUT2D eigenvalue weighted by atomic mass is 10.0. The summed E-state index contributed by atoms with van der Waals surface area (Å²) in [4.78, 5) is 2.32. The summed E-state index contributed by atoms with van der Waals surface area (Å²) in [6.07, 6.45) is 1.89. The van der Waals surface area contributed by atoms with Gasteiger partial charge in [0.1, 0.15) is 0 Å². The van der Waals surface area contributed by atoms with Crippen LogP contribution in [-0.4, -0.2) is 31.1 Å². The fourth-order valence-corrected chi connectivity index (χ4v) is 2.95. The van der Waals surface area contributed by atoms with Gasteiger partial charge in [-0.25, -0.2) is 0 Å². The Balaban J connectivity index is 0.00000180. The summed E-state index contributed by atoms with van der Waals surface area (Å²) in [5, 5.41) is 4.97. The molecule has 1 aromatic carbocycles. The van der Waals surface area contributed by atoms with Gasteiger partial charge in [-0.2, -0.15) is 0 Å². The molecule has 1 atom stereocenters. The average Bonchev–Trinajstić information content (AvgIpc) is 2.37. The van der Waals surface area contributed by atoms with Crippen molar-refractivity contribution in [1.82, 2.24) is 10.2 Å². The molecule has 0 unspecified atom stereocenters. The minimum Gasteiger partial charge on any atom is -0.314 e. The SMILES string of the molecule is C=C[C@@H](c1cc(Cl)cc(Cl)c1Cl)N1CCNCC1.Cl.Cl. The molecule has 1 aliphatic heterocycles. The standard InChI is InChI=1S/C13H15Cl3N2.2ClH/c1-2-12(18-5-3-17-4-6-18)10-7-9(14)8-11(15)13(10)16;;/h2,7-8,12,17H,1,3-6H2;2*1H/t12-;;/m0../s1. The Morgan fingerprint density at radius 2 is 1.75 bits per heavy atom. The Morgan fingerprint density at radius 1 is 1.15 bits per heavy atom. The fourth-order valence-electron chi connectivity index (χ4n) is 2.22. The summed E-state index contributed by atoms with van der Waals surface area (Å²) in [5.74, 6) is 0. The minimum atomic E-state index is 0. The van der Waals surface area contributed by atoms with Crippen LogP contribution in [0.2, 0.25) is 15.1 Å². The Kier molecular flexibility index (Phi) is 9.52. The smallest absolute Gasteiger partial charge is 0.0644 e. The van der Waals surface area contributed by atoms with E-state index >= 15 is 0 Å². The second-order valence-electron chi connectivity index (χ2n) is 4.26. The highest BCUT2D eigenvalue weighted by Crippen LogP contribution is 2.36. The molecule has 0 aromatic heterocycles. The highest BCUT2D eigenvalue weighted by atomic mass is 35.5. The van der Waals surface area contributed by atoms with E-state index in [4.69, 9.17) is 34.8 Å². The lowest BCUT2D eigenvalue weighted by Gasteiger charge is -2.34. The molecule has 1 N–H and O–H groups in total. The summed E-state index contributed by atoms with van der Waals surface area (Å²) >= 11 is 18.4. The van der Waals surface area contributed by atoms with Crippen LogP contribution in [0, 0.1) is 0 Å². The number of nitrogens with zero attached hydrogens (tertiary/aromatic N) is 1. The molecule has 0 saturated carbocycles. The molecule has 7 heteroatoms. The number of halogens is 5. The number of benzene rings is 1. The molecule has 0 amide bonds. The van der Waals surface area contributed by atoms with Crippen LogP contribution in [-0.2, 0) is 0 Å². The first-order valence-corrected chi connectivity index (χ1v) is 6.98. The van der Waals surface area contributed by atoms with Gasteiger partial charge in [0.15, 0.2) is 0 Å². The van der Waals surface area contributed by atoms with Gasteiger partial charge in [0.2, 0.25) is 0 Å². The lowest BCUT2D eigenvalue weighted by Crippen LogP contribution is -2.44. The van der Waals surface area contributed by atoms with Crippen LogP contribution < -0.4 is 5.32 Å². The first-order valence-electron chi connectivity index (χ1n) is 5.85. The summed E-state index contributed by atoms with van der Waals surface area (Å²) < 4.78 is 0. The van der Waals surface area contributed by atoms with Crippen LogP contribution in [0.5, 0.6) is 0 Å². The molecule has 20 heavy (non-hydrogen) atoms. The van der Waals surface area contributed by atoms with E-state index in [1.165, 1.54) is 0 Å². The molecule has 114 valence electrons. The molecule has 1 fully saturated rings. The van der Waals surface area contributed by atoms with Crippen molar-refractivity contribution in [2.45, 2.75) is 6.04 Å². The van der Waals surface area contributed by atoms with Crippen LogP contribution >= 0.6 is 59.6 Å². The van der Waals surface area contributed by atoms with Crippen molar-refractivity contribution >= 4 is 59.6 Å². The van der Waals surface area contributed by atoms with E-state index in [1.807, 2.05) is 12.1 Å². The number of hydrogen-bond donors (Lipinski definition) is 1. The van der Waals surface area contributed by atoms with Gasteiger partial charge in [0.05, 0.1) is 16.1 Å². The molecular weight excluding hydrogens is 361 g/mol. The van der Waals surface area contributed by atoms with Gasteiger partial charge in [-0.3, -0.25) is 4.90 Å². The van der Waals surface area contributed by atoms with Gasteiger partial charge < -0.3 is 5.32 Å². The summed E-state index contributed by atoms with van der Waals surface area (Å²) in [5.41, 5.74) is 0.922. The molecule has 1 aliphatic rings. The van der Waals surface area contributed by atoms with Crippen molar-refractivity contribution in [2.75, 3.05) is 26.2 Å². The zero-order valence-corrected chi connectivity index (χ0v) is 14.6. The molecular formula is C13H17Cl5N2. The van der Waals surface area contributed by atoms with Crippen molar-refractivity contribution in [3.05, 3.63) is 45.4 Å². The molecule has 1 heterocycles. The van der Waals surface area contributed by atoms with Gasteiger partial charge in [-0.05, 0) is 17.7 Å². The van der Waals surface area contributed by atoms with Crippen LogP contribution in [0.4, 0.5) is 0 Å². The summed E-state index contributed by atoms with van der Waals surface area (Å²) in [7, 11) is 0. The quantitative estimate of drug-likeness (QED) is 0.610. The monoisotopic (exact) mass is 376 g/mol. The van der Waals surface area contributed by atoms with E-state index in [1.54, 1.807) is 6.07 Å². The third kappa shape index (κ3) is 4.67. The van der Waals surface area contributed by atoms with Crippen LogP contribution in [0.25, 0.3) is 0 Å². The van der Waals surface area contributed by atoms with Gasteiger partial charge in [0.25, 0.3) is 0 Å². The van der Waals surface area contributed by atoms with E-state index < -0.39 is 0 Å². The first kappa shape index (κ1) is 20.3. The van der Waals surface area contributed by atoms with Crippen molar-refractivity contribution in [1.29, 1.82) is 0 Å². The summed E-state index contributed by atoms with van der Waals surface area (Å²) in [6.45, 7) is 7.75. The number of nitrogens with one attached hydrogen (secondary N) is 1. The Labute approximate surface area is 147 Å². The molecule has 2 nitrogen and oxygen atoms in total. The van der Waals surface area contributed by atoms with Crippen molar-refractivity contribution in [3.63, 3.8) is 0 Å². The van der Waals surface area contributed by atoms with E-state index in [2.05, 4.69) is 16.8 Å². The van der Waals surface area contributed by atoms with Gasteiger partial charge in [-0.1, -0.05) is 40.9 Å². The second kappa shape index (κ2) is 9.37. The van der Waals surface area contributed by atoms with E-state index in [-0.39, 0.29) is 30.9 Å². The Morgan fingerprint density at radius 3 is 2.30 bits per heavy atom. The predicted molar refractivity (Wildman–Crippen MR) is 93.3 cm³/mol. The molecule has 1 aromatic rings. The van der Waals surface area contributed by atoms with Crippen molar-refractivity contribution in [2.24, 2.45) is 0 Å². The second-order valence-corrected chi connectivity index (χ2v) is 5.48. The zero-order chi connectivity index (χ0) is 13.1. The maximum Gasteiger partial charge on any atom is 0.0644 e. The van der Waals surface area contributed by atoms with Crippen LogP contribution in [0.15, 0.2) is 24.8 Å². The topological polar surface area (TPSA) is 15.3 Å². The van der Waals surface area contributed by atoms with Gasteiger partial charge in [-0.15, -0.1) is 31.4 Å². The average molecular weight is 379 g/mol. The molecule has 0 radical (unpaired) electrons. The normalized spacial score (nSPS) is 16.8.